The van der Waals surface area contributed by atoms with Crippen LogP contribution in [0.2, 0.25) is 0 Å². The summed E-state index contributed by atoms with van der Waals surface area (Å²) in [7, 11) is 0. The van der Waals surface area contributed by atoms with Gasteiger partial charge < -0.3 is 16.4 Å². The molecule has 0 spiro atoms. The third-order valence-corrected chi connectivity index (χ3v) is 3.44. The molecule has 4 N–H and O–H groups in total. The number of nitrogens with two attached hydrogens (primary N) is 1. The molecule has 4 heteroatoms. The van der Waals surface area contributed by atoms with Gasteiger partial charge in [-0.1, -0.05) is 6.92 Å². The predicted molar refractivity (Wildman–Crippen MR) is 70.7 cm³/mol. The fourth-order valence-corrected chi connectivity index (χ4v) is 2.27. The largest absolute Gasteiger partial charge is 0.354 e. The van der Waals surface area contributed by atoms with Crippen LogP contribution in [-0.4, -0.2) is 31.1 Å². The minimum absolute atomic E-state index is 0.134. The first-order valence-electron chi connectivity index (χ1n) is 6.65. The van der Waals surface area contributed by atoms with Crippen LogP contribution in [0.5, 0.6) is 0 Å². The fraction of sp³-hybridized carbons (Fsp3) is 0.923. The SMILES string of the molecule is CC(CC(=O)NCC(C)(C)N)C1CCNCC1. The molecule has 1 rings (SSSR count). The number of carbonyl (C=O) groups is 1. The summed E-state index contributed by atoms with van der Waals surface area (Å²) in [6, 6.07) is 0. The van der Waals surface area contributed by atoms with E-state index in [1.165, 1.54) is 12.8 Å². The summed E-state index contributed by atoms with van der Waals surface area (Å²) in [5, 5.41) is 6.26. The Labute approximate surface area is 105 Å². The van der Waals surface area contributed by atoms with Crippen LogP contribution in [-0.2, 0) is 4.79 Å². The molecule has 4 nitrogen and oxygen atoms in total. The molecule has 0 aromatic carbocycles. The molecule has 100 valence electrons. The average Bonchev–Trinajstić information content (AvgIpc) is 2.27. The van der Waals surface area contributed by atoms with Gasteiger partial charge in [0, 0.05) is 18.5 Å². The van der Waals surface area contributed by atoms with Crippen molar-refractivity contribution >= 4 is 5.91 Å². The maximum atomic E-state index is 11.8. The molecule has 0 saturated carbocycles. The van der Waals surface area contributed by atoms with E-state index in [0.717, 1.165) is 13.1 Å². The summed E-state index contributed by atoms with van der Waals surface area (Å²) in [4.78, 5) is 11.8. The Morgan fingerprint density at radius 2 is 2.06 bits per heavy atom. The molecule has 1 aliphatic heterocycles. The van der Waals surface area contributed by atoms with Crippen molar-refractivity contribution in [2.45, 2.75) is 45.6 Å². The van der Waals surface area contributed by atoms with Gasteiger partial charge in [-0.05, 0) is 51.6 Å². The summed E-state index contributed by atoms with van der Waals surface area (Å²) in [6.07, 6.45) is 3.01. The van der Waals surface area contributed by atoms with E-state index < -0.39 is 0 Å². The molecule has 0 aliphatic carbocycles. The standard InChI is InChI=1S/C13H27N3O/c1-10(11-4-6-15-7-5-11)8-12(17)16-9-13(2,3)14/h10-11,15H,4-9,14H2,1-3H3,(H,16,17). The van der Waals surface area contributed by atoms with Gasteiger partial charge in [0.05, 0.1) is 0 Å². The van der Waals surface area contributed by atoms with E-state index >= 15 is 0 Å². The molecular weight excluding hydrogens is 214 g/mol. The van der Waals surface area contributed by atoms with Crippen LogP contribution in [0, 0.1) is 11.8 Å². The van der Waals surface area contributed by atoms with Crippen molar-refractivity contribution in [2.24, 2.45) is 17.6 Å². The van der Waals surface area contributed by atoms with Gasteiger partial charge >= 0.3 is 0 Å². The van der Waals surface area contributed by atoms with Crippen LogP contribution in [0.25, 0.3) is 0 Å². The summed E-state index contributed by atoms with van der Waals surface area (Å²) < 4.78 is 0. The predicted octanol–water partition coefficient (Wildman–Crippen LogP) is 0.866. The van der Waals surface area contributed by atoms with Crippen LogP contribution in [0.1, 0.15) is 40.0 Å². The maximum Gasteiger partial charge on any atom is 0.220 e. The molecule has 1 heterocycles. The van der Waals surface area contributed by atoms with Gasteiger partial charge in [0.2, 0.25) is 5.91 Å². The quantitative estimate of drug-likeness (QED) is 0.669. The van der Waals surface area contributed by atoms with Crippen LogP contribution < -0.4 is 16.4 Å². The molecular formula is C13H27N3O. The second-order valence-electron chi connectivity index (χ2n) is 6.03. The van der Waals surface area contributed by atoms with Crippen molar-refractivity contribution in [1.29, 1.82) is 0 Å². The van der Waals surface area contributed by atoms with Crippen molar-refractivity contribution in [1.82, 2.24) is 10.6 Å². The first-order valence-corrected chi connectivity index (χ1v) is 6.65. The van der Waals surface area contributed by atoms with E-state index in [1.54, 1.807) is 0 Å². The van der Waals surface area contributed by atoms with Crippen molar-refractivity contribution in [3.63, 3.8) is 0 Å². The number of rotatable bonds is 5. The van der Waals surface area contributed by atoms with Crippen LogP contribution in [0.3, 0.4) is 0 Å². The van der Waals surface area contributed by atoms with Crippen LogP contribution in [0.4, 0.5) is 0 Å². The monoisotopic (exact) mass is 241 g/mol. The maximum absolute atomic E-state index is 11.8. The van der Waals surface area contributed by atoms with Crippen molar-refractivity contribution in [3.05, 3.63) is 0 Å². The van der Waals surface area contributed by atoms with Crippen molar-refractivity contribution in [3.8, 4) is 0 Å². The van der Waals surface area contributed by atoms with E-state index in [-0.39, 0.29) is 11.4 Å². The zero-order chi connectivity index (χ0) is 12.9. The molecule has 1 amide bonds. The minimum atomic E-state index is -0.326. The first kappa shape index (κ1) is 14.5. The van der Waals surface area contributed by atoms with Gasteiger partial charge in [0.25, 0.3) is 0 Å². The first-order chi connectivity index (χ1) is 7.88. The van der Waals surface area contributed by atoms with Crippen LogP contribution >= 0.6 is 0 Å². The topological polar surface area (TPSA) is 67.2 Å². The van der Waals surface area contributed by atoms with Gasteiger partial charge in [0.15, 0.2) is 0 Å². The summed E-state index contributed by atoms with van der Waals surface area (Å²) >= 11 is 0. The summed E-state index contributed by atoms with van der Waals surface area (Å²) in [5.74, 6) is 1.29. The molecule has 0 bridgehead atoms. The second kappa shape index (κ2) is 6.36. The smallest absolute Gasteiger partial charge is 0.220 e. The highest BCUT2D eigenvalue weighted by Gasteiger charge is 2.22. The molecule has 0 radical (unpaired) electrons. The highest BCUT2D eigenvalue weighted by Crippen LogP contribution is 2.24. The lowest BCUT2D eigenvalue weighted by molar-refractivity contribution is -0.122. The van der Waals surface area contributed by atoms with Gasteiger partial charge in [-0.3, -0.25) is 4.79 Å². The van der Waals surface area contributed by atoms with Gasteiger partial charge in [0.1, 0.15) is 0 Å². The Kier molecular flexibility index (Phi) is 5.40. The summed E-state index contributed by atoms with van der Waals surface area (Å²) in [5.41, 5.74) is 5.51. The lowest BCUT2D eigenvalue weighted by Gasteiger charge is -2.28. The van der Waals surface area contributed by atoms with E-state index in [0.29, 0.717) is 24.8 Å². The van der Waals surface area contributed by atoms with E-state index in [4.69, 9.17) is 5.73 Å². The Hall–Kier alpha value is -0.610. The Balaban J connectivity index is 2.25. The van der Waals surface area contributed by atoms with E-state index in [2.05, 4.69) is 17.6 Å². The Bertz CT molecular complexity index is 242. The van der Waals surface area contributed by atoms with E-state index in [1.807, 2.05) is 13.8 Å². The van der Waals surface area contributed by atoms with Gasteiger partial charge in [-0.15, -0.1) is 0 Å². The molecule has 1 aliphatic rings. The van der Waals surface area contributed by atoms with Crippen LogP contribution in [0.15, 0.2) is 0 Å². The van der Waals surface area contributed by atoms with Crippen molar-refractivity contribution in [2.75, 3.05) is 19.6 Å². The number of piperidine rings is 1. The van der Waals surface area contributed by atoms with Crippen molar-refractivity contribution < 1.29 is 4.79 Å². The number of carbonyl (C=O) groups excluding carboxylic acids is 1. The highest BCUT2D eigenvalue weighted by atomic mass is 16.1. The minimum Gasteiger partial charge on any atom is -0.354 e. The van der Waals surface area contributed by atoms with E-state index in [9.17, 15) is 4.79 Å². The molecule has 0 aromatic rings. The molecule has 1 fully saturated rings. The fourth-order valence-electron chi connectivity index (χ4n) is 2.27. The lowest BCUT2D eigenvalue weighted by Crippen LogP contribution is -2.45. The normalized spacial score (nSPS) is 20.0. The highest BCUT2D eigenvalue weighted by molar-refractivity contribution is 5.76. The second-order valence-corrected chi connectivity index (χ2v) is 6.03. The summed E-state index contributed by atoms with van der Waals surface area (Å²) in [6.45, 7) is 8.75. The third kappa shape index (κ3) is 6.03. The average molecular weight is 241 g/mol. The Morgan fingerprint density at radius 1 is 1.47 bits per heavy atom. The lowest BCUT2D eigenvalue weighted by atomic mass is 9.84. The molecule has 1 atom stereocenters. The number of nitrogens with one attached hydrogen (secondary N) is 2. The third-order valence-electron chi connectivity index (χ3n) is 3.44. The molecule has 1 unspecified atom stereocenters. The number of hydrogen-bond acceptors (Lipinski definition) is 3. The molecule has 0 aromatic heterocycles. The Morgan fingerprint density at radius 3 is 2.59 bits per heavy atom. The molecule has 1 saturated heterocycles. The number of amides is 1. The van der Waals surface area contributed by atoms with Gasteiger partial charge in [-0.2, -0.15) is 0 Å². The number of hydrogen-bond donors (Lipinski definition) is 3. The van der Waals surface area contributed by atoms with Gasteiger partial charge in [-0.25, -0.2) is 0 Å². The molecule has 17 heavy (non-hydrogen) atoms. The zero-order valence-electron chi connectivity index (χ0n) is 11.4. The zero-order valence-corrected chi connectivity index (χ0v) is 11.4.